The van der Waals surface area contributed by atoms with Crippen molar-refractivity contribution in [1.29, 1.82) is 0 Å². The molecule has 0 radical (unpaired) electrons. The Morgan fingerprint density at radius 3 is 2.60 bits per heavy atom. The van der Waals surface area contributed by atoms with Crippen LogP contribution in [0.25, 0.3) is 0 Å². The lowest BCUT2D eigenvalue weighted by Gasteiger charge is -2.21. The lowest BCUT2D eigenvalue weighted by atomic mass is 10.1. The molecule has 5 nitrogen and oxygen atoms in total. The molecule has 2 aromatic carbocycles. The number of rotatable bonds is 8. The molecule has 25 heavy (non-hydrogen) atoms. The normalized spacial score (nSPS) is 14.4. The molecule has 0 spiro atoms. The lowest BCUT2D eigenvalue weighted by Crippen LogP contribution is -2.33. The van der Waals surface area contributed by atoms with Gasteiger partial charge in [-0.1, -0.05) is 30.3 Å². The molecule has 1 amide bonds. The van der Waals surface area contributed by atoms with Crippen LogP contribution in [0.2, 0.25) is 0 Å². The minimum atomic E-state index is -0.775. The van der Waals surface area contributed by atoms with Crippen LogP contribution in [0, 0.1) is 0 Å². The molecule has 130 valence electrons. The van der Waals surface area contributed by atoms with E-state index in [9.17, 15) is 9.59 Å². The first-order valence-electron chi connectivity index (χ1n) is 8.45. The molecule has 1 N–H and O–H groups in total. The largest absolute Gasteiger partial charge is 0.490 e. The summed E-state index contributed by atoms with van der Waals surface area (Å²) in [5.74, 6) is 0.718. The van der Waals surface area contributed by atoms with Crippen molar-refractivity contribution in [2.24, 2.45) is 0 Å². The molecule has 1 saturated carbocycles. The third-order valence-corrected chi connectivity index (χ3v) is 3.91. The Kier molecular flexibility index (Phi) is 5.33. The van der Waals surface area contributed by atoms with Crippen LogP contribution in [0.1, 0.15) is 41.8 Å². The highest BCUT2D eigenvalue weighted by Crippen LogP contribution is 2.33. The average molecular weight is 339 g/mol. The number of aldehydes is 1. The molecule has 0 saturated heterocycles. The van der Waals surface area contributed by atoms with Gasteiger partial charge in [0.05, 0.1) is 6.61 Å². The second-order valence-electron chi connectivity index (χ2n) is 5.95. The van der Waals surface area contributed by atoms with Gasteiger partial charge >= 0.3 is 0 Å². The molecule has 2 aromatic rings. The van der Waals surface area contributed by atoms with E-state index < -0.39 is 6.10 Å². The van der Waals surface area contributed by atoms with Crippen molar-refractivity contribution in [2.75, 3.05) is 6.61 Å². The fraction of sp³-hybridized carbons (Fsp3) is 0.300. The number of nitrogens with one attached hydrogen (secondary N) is 1. The summed E-state index contributed by atoms with van der Waals surface area (Å²) in [4.78, 5) is 23.7. The summed E-state index contributed by atoms with van der Waals surface area (Å²) in [7, 11) is 0. The van der Waals surface area contributed by atoms with Crippen LogP contribution in [-0.2, 0) is 4.79 Å². The molecule has 0 aromatic heterocycles. The summed E-state index contributed by atoms with van der Waals surface area (Å²) in [5, 5.41) is 2.99. The summed E-state index contributed by atoms with van der Waals surface area (Å²) < 4.78 is 11.6. The zero-order chi connectivity index (χ0) is 17.6. The Morgan fingerprint density at radius 2 is 1.96 bits per heavy atom. The smallest absolute Gasteiger partial charge is 0.266 e. The summed E-state index contributed by atoms with van der Waals surface area (Å²) in [6.07, 6.45) is 1.99. The van der Waals surface area contributed by atoms with Gasteiger partial charge in [0, 0.05) is 17.2 Å². The van der Waals surface area contributed by atoms with Gasteiger partial charge in [-0.25, -0.2) is 0 Å². The van der Waals surface area contributed by atoms with Crippen LogP contribution in [0.5, 0.6) is 11.5 Å². The number of amides is 1. The van der Waals surface area contributed by atoms with Crippen molar-refractivity contribution in [3.8, 4) is 11.5 Å². The summed E-state index contributed by atoms with van der Waals surface area (Å²) in [6, 6.07) is 14.5. The van der Waals surface area contributed by atoms with Crippen molar-refractivity contribution in [1.82, 2.24) is 5.32 Å². The van der Waals surface area contributed by atoms with E-state index in [0.29, 0.717) is 23.7 Å². The second-order valence-corrected chi connectivity index (χ2v) is 5.95. The molecule has 0 heterocycles. The highest BCUT2D eigenvalue weighted by Gasteiger charge is 2.30. The van der Waals surface area contributed by atoms with Crippen LogP contribution in [0.3, 0.4) is 0 Å². The van der Waals surface area contributed by atoms with Gasteiger partial charge in [-0.2, -0.15) is 0 Å². The standard InChI is InChI=1S/C20H21NO4/c1-2-24-18-12-14(13-22)8-11-17(18)25-19(15-6-4-3-5-7-15)20(23)21-16-9-10-16/h3-8,11-13,16,19H,2,9-10H2,1H3,(H,21,23)/t19-/m0/s1. The minimum absolute atomic E-state index is 0.171. The van der Waals surface area contributed by atoms with Crippen molar-refractivity contribution >= 4 is 12.2 Å². The van der Waals surface area contributed by atoms with Gasteiger partial charge in [0.2, 0.25) is 6.10 Å². The number of ether oxygens (including phenoxy) is 2. The second kappa shape index (κ2) is 7.83. The number of hydrogen-bond acceptors (Lipinski definition) is 4. The van der Waals surface area contributed by atoms with Gasteiger partial charge in [0.25, 0.3) is 5.91 Å². The van der Waals surface area contributed by atoms with Gasteiger partial charge in [-0.05, 0) is 38.0 Å². The molecule has 1 fully saturated rings. The highest BCUT2D eigenvalue weighted by atomic mass is 16.5. The first-order chi connectivity index (χ1) is 12.2. The van der Waals surface area contributed by atoms with E-state index in [4.69, 9.17) is 9.47 Å². The van der Waals surface area contributed by atoms with Crippen molar-refractivity contribution in [3.05, 3.63) is 59.7 Å². The molecule has 0 aliphatic heterocycles. The van der Waals surface area contributed by atoms with Crippen molar-refractivity contribution in [2.45, 2.75) is 31.9 Å². The number of benzene rings is 2. The predicted octanol–water partition coefficient (Wildman–Crippen LogP) is 3.30. The Bertz CT molecular complexity index is 741. The monoisotopic (exact) mass is 339 g/mol. The Hall–Kier alpha value is -2.82. The highest BCUT2D eigenvalue weighted by molar-refractivity contribution is 5.83. The van der Waals surface area contributed by atoms with E-state index in [2.05, 4.69) is 5.32 Å². The van der Waals surface area contributed by atoms with E-state index in [1.54, 1.807) is 18.2 Å². The van der Waals surface area contributed by atoms with E-state index >= 15 is 0 Å². The molecular weight excluding hydrogens is 318 g/mol. The third-order valence-electron chi connectivity index (χ3n) is 3.91. The molecule has 0 bridgehead atoms. The van der Waals surface area contributed by atoms with Gasteiger partial charge < -0.3 is 14.8 Å². The fourth-order valence-electron chi connectivity index (χ4n) is 2.50. The fourth-order valence-corrected chi connectivity index (χ4v) is 2.50. The summed E-state index contributed by atoms with van der Waals surface area (Å²) in [6.45, 7) is 2.29. The Balaban J connectivity index is 1.89. The minimum Gasteiger partial charge on any atom is -0.490 e. The van der Waals surface area contributed by atoms with Crippen LogP contribution >= 0.6 is 0 Å². The van der Waals surface area contributed by atoms with Crippen LogP contribution in [-0.4, -0.2) is 24.8 Å². The van der Waals surface area contributed by atoms with Crippen molar-refractivity contribution in [3.63, 3.8) is 0 Å². The van der Waals surface area contributed by atoms with E-state index in [0.717, 1.165) is 24.7 Å². The third kappa shape index (κ3) is 4.38. The van der Waals surface area contributed by atoms with Gasteiger partial charge in [0.15, 0.2) is 11.5 Å². The quantitative estimate of drug-likeness (QED) is 0.750. The van der Waals surface area contributed by atoms with Crippen molar-refractivity contribution < 1.29 is 19.1 Å². The van der Waals surface area contributed by atoms with Crippen LogP contribution in [0.15, 0.2) is 48.5 Å². The maximum Gasteiger partial charge on any atom is 0.266 e. The zero-order valence-corrected chi connectivity index (χ0v) is 14.1. The van der Waals surface area contributed by atoms with Crippen LogP contribution in [0.4, 0.5) is 0 Å². The summed E-state index contributed by atoms with van der Waals surface area (Å²) in [5.41, 5.74) is 1.26. The Labute approximate surface area is 147 Å². The molecule has 0 unspecified atom stereocenters. The maximum absolute atomic E-state index is 12.7. The van der Waals surface area contributed by atoms with E-state index in [1.807, 2.05) is 37.3 Å². The van der Waals surface area contributed by atoms with E-state index in [-0.39, 0.29) is 11.9 Å². The topological polar surface area (TPSA) is 64.6 Å². The molecule has 1 aliphatic rings. The molecule has 1 aliphatic carbocycles. The SMILES string of the molecule is CCOc1cc(C=O)ccc1O[C@H](C(=O)NC1CC1)c1ccccc1. The first-order valence-corrected chi connectivity index (χ1v) is 8.45. The van der Waals surface area contributed by atoms with Gasteiger partial charge in [0.1, 0.15) is 6.29 Å². The first kappa shape index (κ1) is 17.0. The maximum atomic E-state index is 12.7. The zero-order valence-electron chi connectivity index (χ0n) is 14.1. The lowest BCUT2D eigenvalue weighted by molar-refractivity contribution is -0.128. The average Bonchev–Trinajstić information content (AvgIpc) is 3.45. The Morgan fingerprint density at radius 1 is 1.20 bits per heavy atom. The van der Waals surface area contributed by atoms with Crippen LogP contribution < -0.4 is 14.8 Å². The molecule has 3 rings (SSSR count). The predicted molar refractivity (Wildman–Crippen MR) is 94.0 cm³/mol. The molecule has 1 atom stereocenters. The number of carbonyl (C=O) groups is 2. The van der Waals surface area contributed by atoms with Gasteiger partial charge in [-0.15, -0.1) is 0 Å². The number of hydrogen-bond donors (Lipinski definition) is 1. The van der Waals surface area contributed by atoms with Gasteiger partial charge in [-0.3, -0.25) is 9.59 Å². The van der Waals surface area contributed by atoms with E-state index in [1.165, 1.54) is 0 Å². The molecular formula is C20H21NO4. The number of carbonyl (C=O) groups excluding carboxylic acids is 2. The molecule has 5 heteroatoms. The summed E-state index contributed by atoms with van der Waals surface area (Å²) >= 11 is 0.